The normalized spacial score (nSPS) is 23.0. The molecule has 0 aromatic carbocycles. The van der Waals surface area contributed by atoms with E-state index in [-0.39, 0.29) is 5.60 Å². The first kappa shape index (κ1) is 20.4. The van der Waals surface area contributed by atoms with Crippen LogP contribution in [0.5, 0.6) is 0 Å². The van der Waals surface area contributed by atoms with Crippen LogP contribution in [-0.2, 0) is 17.8 Å². The number of nitrogens with one attached hydrogen (secondary N) is 1. The highest BCUT2D eigenvalue weighted by molar-refractivity contribution is 5.88. The Balaban J connectivity index is 1.07. The van der Waals surface area contributed by atoms with Crippen LogP contribution in [0.15, 0.2) is 24.4 Å². The Morgan fingerprint density at radius 3 is 2.74 bits per heavy atom. The number of fused-ring (bicyclic) bond motifs is 2. The van der Waals surface area contributed by atoms with Crippen molar-refractivity contribution in [2.45, 2.75) is 50.9 Å². The molecule has 34 heavy (non-hydrogen) atoms. The first-order valence-corrected chi connectivity index (χ1v) is 12.4. The van der Waals surface area contributed by atoms with E-state index >= 15 is 0 Å². The van der Waals surface area contributed by atoms with Crippen LogP contribution in [0, 0.1) is 6.92 Å². The van der Waals surface area contributed by atoms with Gasteiger partial charge in [-0.3, -0.25) is 4.90 Å². The molecule has 10 heteroatoms. The van der Waals surface area contributed by atoms with E-state index < -0.39 is 0 Å². The molecule has 2 saturated heterocycles. The lowest BCUT2D eigenvalue weighted by Crippen LogP contribution is -2.61. The van der Waals surface area contributed by atoms with E-state index in [4.69, 9.17) is 14.7 Å². The number of nitrogens with zero attached hydrogens (tertiary/aromatic N) is 8. The zero-order chi connectivity index (χ0) is 22.7. The van der Waals surface area contributed by atoms with E-state index in [1.807, 2.05) is 13.1 Å². The Bertz CT molecular complexity index is 1230. The van der Waals surface area contributed by atoms with Crippen LogP contribution in [0.25, 0.3) is 11.0 Å². The van der Waals surface area contributed by atoms with Gasteiger partial charge in [-0.1, -0.05) is 12.2 Å². The molecule has 1 spiro atoms. The second kappa shape index (κ2) is 7.78. The standard InChI is InChI=1S/C24H31N9O/c1-17-28-29-20-16-31(11-12-33(17)20)18-14-32(15-18)22-21-19(4-8-25-21)26-23(27-22)30-9-6-24(7-10-30)5-2-3-13-34-24/h2-4,8,18,25H,5-7,9-16H2,1H3. The maximum Gasteiger partial charge on any atom is 0.228 e. The average molecular weight is 462 g/mol. The molecular formula is C24H31N9O. The summed E-state index contributed by atoms with van der Waals surface area (Å²) in [5, 5.41) is 8.61. The molecule has 7 heterocycles. The molecule has 10 nitrogen and oxygen atoms in total. The summed E-state index contributed by atoms with van der Waals surface area (Å²) in [6.45, 7) is 9.47. The molecule has 0 saturated carbocycles. The Kier molecular flexibility index (Phi) is 4.67. The predicted octanol–water partition coefficient (Wildman–Crippen LogP) is 1.88. The third-order valence-electron chi connectivity index (χ3n) is 8.12. The van der Waals surface area contributed by atoms with Gasteiger partial charge in [0.25, 0.3) is 0 Å². The molecule has 4 aliphatic rings. The summed E-state index contributed by atoms with van der Waals surface area (Å²) >= 11 is 0. The third kappa shape index (κ3) is 3.31. The van der Waals surface area contributed by atoms with Crippen LogP contribution in [0.2, 0.25) is 0 Å². The largest absolute Gasteiger partial charge is 0.370 e. The van der Waals surface area contributed by atoms with Crippen molar-refractivity contribution in [1.29, 1.82) is 0 Å². The van der Waals surface area contributed by atoms with Crippen molar-refractivity contribution in [3.8, 4) is 0 Å². The van der Waals surface area contributed by atoms with E-state index in [0.717, 1.165) is 106 Å². The topological polar surface area (TPSA) is 91.2 Å². The van der Waals surface area contributed by atoms with Crippen LogP contribution >= 0.6 is 0 Å². The Morgan fingerprint density at radius 1 is 1.03 bits per heavy atom. The van der Waals surface area contributed by atoms with Gasteiger partial charge in [0, 0.05) is 51.5 Å². The van der Waals surface area contributed by atoms with Gasteiger partial charge in [-0.05, 0) is 32.3 Å². The first-order valence-electron chi connectivity index (χ1n) is 12.4. The highest BCUT2D eigenvalue weighted by Crippen LogP contribution is 2.35. The molecule has 7 rings (SSSR count). The third-order valence-corrected chi connectivity index (χ3v) is 8.12. The van der Waals surface area contributed by atoms with Crippen molar-refractivity contribution >= 4 is 22.8 Å². The van der Waals surface area contributed by atoms with Crippen LogP contribution in [0.1, 0.15) is 30.9 Å². The zero-order valence-electron chi connectivity index (χ0n) is 19.7. The van der Waals surface area contributed by atoms with Crippen LogP contribution in [0.4, 0.5) is 11.8 Å². The lowest BCUT2D eigenvalue weighted by Gasteiger charge is -2.47. The first-order chi connectivity index (χ1) is 16.7. The van der Waals surface area contributed by atoms with Gasteiger partial charge in [-0.25, -0.2) is 4.98 Å². The maximum absolute atomic E-state index is 6.15. The molecule has 0 atom stereocenters. The van der Waals surface area contributed by atoms with Crippen molar-refractivity contribution in [1.82, 2.24) is 34.6 Å². The van der Waals surface area contributed by atoms with Crippen LogP contribution in [-0.4, -0.2) is 85.6 Å². The smallest absolute Gasteiger partial charge is 0.228 e. The number of piperidine rings is 1. The molecule has 3 aromatic rings. The highest BCUT2D eigenvalue weighted by atomic mass is 16.5. The number of hydrogen-bond donors (Lipinski definition) is 1. The van der Waals surface area contributed by atoms with Gasteiger partial charge in [-0.15, -0.1) is 10.2 Å². The Labute approximate surface area is 198 Å². The lowest BCUT2D eigenvalue weighted by molar-refractivity contribution is -0.0532. The number of anilines is 2. The van der Waals surface area contributed by atoms with Gasteiger partial charge >= 0.3 is 0 Å². The second-order valence-corrected chi connectivity index (χ2v) is 10.1. The molecular weight excluding hydrogens is 430 g/mol. The summed E-state index contributed by atoms with van der Waals surface area (Å²) in [7, 11) is 0. The van der Waals surface area contributed by atoms with E-state index in [1.165, 1.54) is 0 Å². The molecule has 3 aromatic heterocycles. The van der Waals surface area contributed by atoms with E-state index in [1.54, 1.807) is 0 Å². The summed E-state index contributed by atoms with van der Waals surface area (Å²) < 4.78 is 8.39. The van der Waals surface area contributed by atoms with Gasteiger partial charge in [0.15, 0.2) is 5.82 Å². The zero-order valence-corrected chi connectivity index (χ0v) is 19.7. The van der Waals surface area contributed by atoms with Crippen molar-refractivity contribution in [2.75, 3.05) is 49.1 Å². The minimum Gasteiger partial charge on any atom is -0.370 e. The second-order valence-electron chi connectivity index (χ2n) is 10.1. The van der Waals surface area contributed by atoms with E-state index in [9.17, 15) is 0 Å². The fourth-order valence-corrected chi connectivity index (χ4v) is 5.89. The van der Waals surface area contributed by atoms with Gasteiger partial charge < -0.3 is 24.1 Å². The Morgan fingerprint density at radius 2 is 1.91 bits per heavy atom. The van der Waals surface area contributed by atoms with Crippen molar-refractivity contribution < 1.29 is 4.74 Å². The Hall–Kier alpha value is -2.98. The van der Waals surface area contributed by atoms with Crippen LogP contribution < -0.4 is 9.80 Å². The predicted molar refractivity (Wildman–Crippen MR) is 129 cm³/mol. The molecule has 2 fully saturated rings. The monoisotopic (exact) mass is 461 g/mol. The molecule has 0 aliphatic carbocycles. The van der Waals surface area contributed by atoms with Crippen molar-refractivity contribution in [2.24, 2.45) is 0 Å². The maximum atomic E-state index is 6.15. The quantitative estimate of drug-likeness (QED) is 0.592. The summed E-state index contributed by atoms with van der Waals surface area (Å²) in [5.74, 6) is 3.96. The summed E-state index contributed by atoms with van der Waals surface area (Å²) in [5.41, 5.74) is 2.03. The number of H-pyrrole nitrogens is 1. The molecule has 178 valence electrons. The molecule has 0 amide bonds. The fourth-order valence-electron chi connectivity index (χ4n) is 5.89. The summed E-state index contributed by atoms with van der Waals surface area (Å²) in [6, 6.07) is 2.57. The van der Waals surface area contributed by atoms with E-state index in [2.05, 4.69) is 52.7 Å². The fraction of sp³-hybridized carbons (Fsp3) is 0.583. The number of aromatic amines is 1. The average Bonchev–Trinajstić information content (AvgIpc) is 3.46. The number of ether oxygens (including phenoxy) is 1. The molecule has 1 N–H and O–H groups in total. The minimum absolute atomic E-state index is 0.00811. The van der Waals surface area contributed by atoms with Gasteiger partial charge in [-0.2, -0.15) is 4.98 Å². The lowest BCUT2D eigenvalue weighted by atomic mass is 9.87. The molecule has 0 bridgehead atoms. The molecule has 0 unspecified atom stereocenters. The van der Waals surface area contributed by atoms with Gasteiger partial charge in [0.05, 0.1) is 24.3 Å². The number of aromatic nitrogens is 6. The van der Waals surface area contributed by atoms with Gasteiger partial charge in [0.2, 0.25) is 5.95 Å². The summed E-state index contributed by atoms with van der Waals surface area (Å²) in [6.07, 6.45) is 9.43. The van der Waals surface area contributed by atoms with Gasteiger partial charge in [0.1, 0.15) is 17.2 Å². The van der Waals surface area contributed by atoms with Crippen molar-refractivity contribution in [3.63, 3.8) is 0 Å². The molecule has 4 aliphatic heterocycles. The van der Waals surface area contributed by atoms with Crippen LogP contribution in [0.3, 0.4) is 0 Å². The summed E-state index contributed by atoms with van der Waals surface area (Å²) in [4.78, 5) is 20.6. The number of rotatable bonds is 3. The number of aryl methyl sites for hydroxylation is 1. The van der Waals surface area contributed by atoms with E-state index in [0.29, 0.717) is 6.04 Å². The van der Waals surface area contributed by atoms with Crippen molar-refractivity contribution in [3.05, 3.63) is 36.1 Å². The molecule has 0 radical (unpaired) electrons. The SMILES string of the molecule is Cc1nnc2n1CCN(C1CN(c3nc(N4CCC5(CC=CCO5)CC4)nc4cc[nH]c34)C1)C2. The minimum atomic E-state index is 0.00811. The highest BCUT2D eigenvalue weighted by Gasteiger charge is 2.38. The number of hydrogen-bond acceptors (Lipinski definition) is 8.